The van der Waals surface area contributed by atoms with E-state index in [0.29, 0.717) is 6.42 Å². The van der Waals surface area contributed by atoms with Crippen LogP contribution in [-0.2, 0) is 19.1 Å². The molecule has 1 fully saturated rings. The molecule has 1 aliphatic rings. The molecule has 5 nitrogen and oxygen atoms in total. The van der Waals surface area contributed by atoms with Crippen molar-refractivity contribution in [3.05, 3.63) is 12.7 Å². The Bertz CT molecular complexity index is 329. The maximum Gasteiger partial charge on any atom is 0.302 e. The van der Waals surface area contributed by atoms with Crippen molar-refractivity contribution < 1.29 is 19.1 Å². The fourth-order valence-corrected chi connectivity index (χ4v) is 2.21. The molecule has 2 unspecified atom stereocenters. The van der Waals surface area contributed by atoms with Gasteiger partial charge in [0, 0.05) is 32.9 Å². The molecule has 0 N–H and O–H groups in total. The number of carbonyl (C=O) groups excluding carboxylic acids is 2. The molecule has 0 radical (unpaired) electrons. The van der Waals surface area contributed by atoms with Crippen molar-refractivity contribution in [3.63, 3.8) is 0 Å². The van der Waals surface area contributed by atoms with Crippen LogP contribution >= 0.6 is 0 Å². The lowest BCUT2D eigenvalue weighted by molar-refractivity contribution is -0.150. The Balaban J connectivity index is 2.50. The minimum Gasteiger partial charge on any atom is -0.465 e. The van der Waals surface area contributed by atoms with Gasteiger partial charge in [-0.05, 0) is 19.3 Å². The van der Waals surface area contributed by atoms with Crippen molar-refractivity contribution in [1.29, 1.82) is 0 Å². The lowest BCUT2D eigenvalue weighted by Crippen LogP contribution is -2.45. The molecule has 0 aromatic rings. The zero-order valence-corrected chi connectivity index (χ0v) is 11.8. The maximum absolute atomic E-state index is 12.2. The normalized spacial score (nSPS) is 20.7. The number of ether oxygens (including phenoxy) is 2. The van der Waals surface area contributed by atoms with E-state index in [1.165, 1.54) is 6.92 Å². The highest BCUT2D eigenvalue weighted by Crippen LogP contribution is 2.20. The topological polar surface area (TPSA) is 55.8 Å². The quantitative estimate of drug-likeness (QED) is 0.544. The second-order valence-corrected chi connectivity index (χ2v) is 4.78. The van der Waals surface area contributed by atoms with Crippen molar-refractivity contribution in [2.45, 2.75) is 38.8 Å². The number of amides is 1. The van der Waals surface area contributed by atoms with Crippen LogP contribution in [0.25, 0.3) is 0 Å². The van der Waals surface area contributed by atoms with Gasteiger partial charge in [-0.3, -0.25) is 9.59 Å². The van der Waals surface area contributed by atoms with Gasteiger partial charge in [-0.25, -0.2) is 0 Å². The van der Waals surface area contributed by atoms with Crippen LogP contribution in [0.5, 0.6) is 0 Å². The van der Waals surface area contributed by atoms with Crippen LogP contribution in [0.2, 0.25) is 0 Å². The zero-order valence-electron chi connectivity index (χ0n) is 11.8. The number of nitrogens with zero attached hydrogens (tertiary/aromatic N) is 1. The van der Waals surface area contributed by atoms with E-state index >= 15 is 0 Å². The molecule has 2 atom stereocenters. The van der Waals surface area contributed by atoms with Crippen LogP contribution in [-0.4, -0.2) is 43.3 Å². The van der Waals surface area contributed by atoms with E-state index in [9.17, 15) is 9.59 Å². The molecule has 1 aliphatic heterocycles. The summed E-state index contributed by atoms with van der Waals surface area (Å²) in [6, 6.07) is 0. The van der Waals surface area contributed by atoms with E-state index in [2.05, 4.69) is 6.58 Å². The van der Waals surface area contributed by atoms with Crippen LogP contribution in [0.15, 0.2) is 12.7 Å². The first-order valence-electron chi connectivity index (χ1n) is 6.66. The van der Waals surface area contributed by atoms with Gasteiger partial charge >= 0.3 is 5.97 Å². The second kappa shape index (κ2) is 7.94. The van der Waals surface area contributed by atoms with Crippen molar-refractivity contribution in [2.75, 3.05) is 20.3 Å². The molecule has 0 aliphatic carbocycles. The Morgan fingerprint density at radius 2 is 2.21 bits per heavy atom. The van der Waals surface area contributed by atoms with E-state index in [0.717, 1.165) is 25.8 Å². The number of esters is 1. The van der Waals surface area contributed by atoms with Crippen molar-refractivity contribution >= 4 is 11.9 Å². The SMILES string of the molecule is C=CC(COC(C)=O)CC(=O)N1CCCCC1OC. The summed E-state index contributed by atoms with van der Waals surface area (Å²) < 4.78 is 10.3. The summed E-state index contributed by atoms with van der Waals surface area (Å²) in [6.07, 6.45) is 4.81. The molecule has 1 heterocycles. The molecule has 5 heteroatoms. The van der Waals surface area contributed by atoms with Gasteiger partial charge in [0.2, 0.25) is 5.91 Å². The van der Waals surface area contributed by atoms with Crippen LogP contribution < -0.4 is 0 Å². The van der Waals surface area contributed by atoms with Crippen molar-refractivity contribution in [3.8, 4) is 0 Å². The van der Waals surface area contributed by atoms with E-state index < -0.39 is 0 Å². The highest BCUT2D eigenvalue weighted by Gasteiger charge is 2.27. The molecular weight excluding hydrogens is 246 g/mol. The highest BCUT2D eigenvalue weighted by molar-refractivity contribution is 5.77. The van der Waals surface area contributed by atoms with E-state index in [1.807, 2.05) is 0 Å². The molecule has 1 saturated heterocycles. The van der Waals surface area contributed by atoms with Gasteiger partial charge in [-0.1, -0.05) is 6.08 Å². The summed E-state index contributed by atoms with van der Waals surface area (Å²) in [5.74, 6) is -0.452. The molecule has 1 rings (SSSR count). The summed E-state index contributed by atoms with van der Waals surface area (Å²) in [5, 5.41) is 0. The number of hydrogen-bond acceptors (Lipinski definition) is 4. The van der Waals surface area contributed by atoms with Gasteiger partial charge in [0.15, 0.2) is 0 Å². The third-order valence-corrected chi connectivity index (χ3v) is 3.31. The molecule has 1 amide bonds. The molecule has 0 aromatic heterocycles. The second-order valence-electron chi connectivity index (χ2n) is 4.78. The van der Waals surface area contributed by atoms with Crippen LogP contribution in [0.4, 0.5) is 0 Å². The van der Waals surface area contributed by atoms with Crippen molar-refractivity contribution in [2.24, 2.45) is 5.92 Å². The van der Waals surface area contributed by atoms with E-state index in [-0.39, 0.29) is 30.6 Å². The first kappa shape index (κ1) is 15.7. The van der Waals surface area contributed by atoms with Gasteiger partial charge < -0.3 is 14.4 Å². The summed E-state index contributed by atoms with van der Waals surface area (Å²) in [6.45, 7) is 5.97. The van der Waals surface area contributed by atoms with Gasteiger partial charge in [-0.15, -0.1) is 6.58 Å². The number of piperidine rings is 1. The minimum atomic E-state index is -0.341. The Kier molecular flexibility index (Phi) is 6.56. The number of carbonyl (C=O) groups is 2. The molecule has 0 saturated carbocycles. The molecular formula is C14H23NO4. The number of likely N-dealkylation sites (tertiary alicyclic amines) is 1. The lowest BCUT2D eigenvalue weighted by atomic mass is 10.0. The fraction of sp³-hybridized carbons (Fsp3) is 0.714. The lowest BCUT2D eigenvalue weighted by Gasteiger charge is -2.35. The van der Waals surface area contributed by atoms with Crippen molar-refractivity contribution in [1.82, 2.24) is 4.90 Å². The van der Waals surface area contributed by atoms with Crippen LogP contribution in [0.3, 0.4) is 0 Å². The van der Waals surface area contributed by atoms with Gasteiger partial charge in [0.25, 0.3) is 0 Å². The fourth-order valence-electron chi connectivity index (χ4n) is 2.21. The number of hydrogen-bond donors (Lipinski definition) is 0. The first-order valence-corrected chi connectivity index (χ1v) is 6.66. The Labute approximate surface area is 114 Å². The molecule has 19 heavy (non-hydrogen) atoms. The Morgan fingerprint density at radius 3 is 2.79 bits per heavy atom. The predicted molar refractivity (Wildman–Crippen MR) is 71.3 cm³/mol. The molecule has 0 aromatic carbocycles. The monoisotopic (exact) mass is 269 g/mol. The first-order chi connectivity index (χ1) is 9.08. The Morgan fingerprint density at radius 1 is 1.47 bits per heavy atom. The molecule has 108 valence electrons. The zero-order chi connectivity index (χ0) is 14.3. The Hall–Kier alpha value is -1.36. The van der Waals surface area contributed by atoms with E-state index in [4.69, 9.17) is 9.47 Å². The maximum atomic E-state index is 12.2. The third kappa shape index (κ3) is 5.03. The smallest absolute Gasteiger partial charge is 0.302 e. The largest absolute Gasteiger partial charge is 0.465 e. The van der Waals surface area contributed by atoms with Crippen LogP contribution in [0, 0.1) is 5.92 Å². The van der Waals surface area contributed by atoms with Gasteiger partial charge in [0.05, 0.1) is 6.61 Å². The third-order valence-electron chi connectivity index (χ3n) is 3.31. The average Bonchev–Trinajstić information content (AvgIpc) is 2.42. The van der Waals surface area contributed by atoms with Gasteiger partial charge in [-0.2, -0.15) is 0 Å². The molecule has 0 bridgehead atoms. The minimum absolute atomic E-state index is 0.0311. The van der Waals surface area contributed by atoms with Crippen LogP contribution in [0.1, 0.15) is 32.6 Å². The highest BCUT2D eigenvalue weighted by atomic mass is 16.5. The summed E-state index contributed by atoms with van der Waals surface area (Å²) >= 11 is 0. The number of methoxy groups -OCH3 is 1. The number of rotatable bonds is 6. The van der Waals surface area contributed by atoms with Gasteiger partial charge in [0.1, 0.15) is 6.23 Å². The average molecular weight is 269 g/mol. The summed E-state index contributed by atoms with van der Waals surface area (Å²) in [4.78, 5) is 24.8. The van der Waals surface area contributed by atoms with E-state index in [1.54, 1.807) is 18.1 Å². The summed E-state index contributed by atoms with van der Waals surface area (Å²) in [7, 11) is 1.63. The standard InChI is InChI=1S/C14H23NO4/c1-4-12(10-19-11(2)16)9-13(17)15-8-6-5-7-14(15)18-3/h4,12,14H,1,5-10H2,2-3H3. The summed E-state index contributed by atoms with van der Waals surface area (Å²) in [5.41, 5.74) is 0. The predicted octanol–water partition coefficient (Wildman–Crippen LogP) is 1.73. The molecule has 0 spiro atoms.